The first-order valence-electron chi connectivity index (χ1n) is 9.83. The summed E-state index contributed by atoms with van der Waals surface area (Å²) < 4.78 is 0. The number of hydrogen-bond donors (Lipinski definition) is 3. The number of nitrogens with two attached hydrogens (primary N) is 1. The molecular weight excluding hydrogens is 362 g/mol. The number of primary amides is 1. The van der Waals surface area contributed by atoms with Crippen molar-refractivity contribution in [1.29, 1.82) is 0 Å². The highest BCUT2D eigenvalue weighted by Crippen LogP contribution is 2.20. The summed E-state index contributed by atoms with van der Waals surface area (Å²) in [6.45, 7) is 1.36. The quantitative estimate of drug-likeness (QED) is 0.225. The molecule has 0 aliphatic carbocycles. The second-order valence-corrected chi connectivity index (χ2v) is 7.16. The molecule has 0 unspecified atom stereocenters. The summed E-state index contributed by atoms with van der Waals surface area (Å²) in [5.74, 6) is -0.0954. The molecule has 0 bridgehead atoms. The molecule has 1 saturated heterocycles. The van der Waals surface area contributed by atoms with E-state index in [1.165, 1.54) is 0 Å². The van der Waals surface area contributed by atoms with Gasteiger partial charge in [0, 0.05) is 44.2 Å². The summed E-state index contributed by atoms with van der Waals surface area (Å²) in [6.07, 6.45) is 9.57. The van der Waals surface area contributed by atoms with Gasteiger partial charge in [-0.15, -0.1) is 0 Å². The van der Waals surface area contributed by atoms with Crippen molar-refractivity contribution in [2.24, 2.45) is 11.7 Å². The first-order valence-corrected chi connectivity index (χ1v) is 9.83. The van der Waals surface area contributed by atoms with Gasteiger partial charge < -0.3 is 10.6 Å². The molecule has 9 heteroatoms. The fourth-order valence-corrected chi connectivity index (χ4v) is 3.29. The molecule has 1 aliphatic heterocycles. The molecule has 28 heavy (non-hydrogen) atoms. The lowest BCUT2D eigenvalue weighted by Crippen LogP contribution is -2.39. The van der Waals surface area contributed by atoms with Crippen LogP contribution in [0.4, 0.5) is 5.95 Å². The fraction of sp³-hybridized carbons (Fsp3) is 0.632. The standard InChI is InChI=1S/C19H29N5O4/c20-18(27)14-8-10-24(11-9-14)19-21-12-15(13-22-19)16(25)6-4-2-1-3-5-7-17(26)23-28/h12-14,28H,1-11H2,(H2,20,27)(H,23,26). The molecular formula is C19H29N5O4. The molecule has 0 spiro atoms. The number of rotatable bonds is 11. The number of unbranched alkanes of at least 4 members (excludes halogenated alkanes) is 4. The van der Waals surface area contributed by atoms with E-state index in [-0.39, 0.29) is 23.5 Å². The number of ketones is 1. The lowest BCUT2D eigenvalue weighted by molar-refractivity contribution is -0.129. The van der Waals surface area contributed by atoms with E-state index in [1.807, 2.05) is 4.90 Å². The SMILES string of the molecule is NC(=O)C1CCN(c2ncc(C(=O)CCCCCCCC(=O)NO)cn2)CC1. The van der Waals surface area contributed by atoms with Crippen LogP contribution in [0.15, 0.2) is 12.4 Å². The second kappa shape index (κ2) is 11.3. The van der Waals surface area contributed by atoms with Crippen LogP contribution in [-0.4, -0.2) is 45.9 Å². The van der Waals surface area contributed by atoms with Gasteiger partial charge in [0.05, 0.1) is 5.56 Å². The molecule has 0 aromatic carbocycles. The van der Waals surface area contributed by atoms with E-state index in [9.17, 15) is 14.4 Å². The van der Waals surface area contributed by atoms with E-state index in [4.69, 9.17) is 10.9 Å². The monoisotopic (exact) mass is 391 g/mol. The highest BCUT2D eigenvalue weighted by atomic mass is 16.5. The molecule has 2 heterocycles. The third-order valence-electron chi connectivity index (χ3n) is 5.07. The van der Waals surface area contributed by atoms with Crippen LogP contribution < -0.4 is 16.1 Å². The summed E-state index contributed by atoms with van der Waals surface area (Å²) in [4.78, 5) is 45.0. The van der Waals surface area contributed by atoms with E-state index in [0.29, 0.717) is 50.3 Å². The maximum absolute atomic E-state index is 12.2. The predicted octanol–water partition coefficient (Wildman–Crippen LogP) is 1.60. The lowest BCUT2D eigenvalue weighted by Gasteiger charge is -2.30. The van der Waals surface area contributed by atoms with Gasteiger partial charge >= 0.3 is 0 Å². The van der Waals surface area contributed by atoms with E-state index in [0.717, 1.165) is 32.1 Å². The van der Waals surface area contributed by atoms with Crippen LogP contribution in [0.3, 0.4) is 0 Å². The fourth-order valence-electron chi connectivity index (χ4n) is 3.29. The van der Waals surface area contributed by atoms with Gasteiger partial charge in [-0.3, -0.25) is 19.6 Å². The number of aromatic nitrogens is 2. The normalized spacial score (nSPS) is 14.7. The van der Waals surface area contributed by atoms with Gasteiger partial charge in [-0.1, -0.05) is 19.3 Å². The molecule has 0 atom stereocenters. The van der Waals surface area contributed by atoms with Crippen LogP contribution in [0.1, 0.15) is 68.1 Å². The van der Waals surface area contributed by atoms with Gasteiger partial charge in [0.2, 0.25) is 17.8 Å². The van der Waals surface area contributed by atoms with Gasteiger partial charge in [-0.05, 0) is 25.7 Å². The average molecular weight is 391 g/mol. The zero-order chi connectivity index (χ0) is 20.4. The van der Waals surface area contributed by atoms with Crippen molar-refractivity contribution >= 4 is 23.5 Å². The Hall–Kier alpha value is -2.55. The van der Waals surface area contributed by atoms with E-state index in [1.54, 1.807) is 17.9 Å². The van der Waals surface area contributed by atoms with Gasteiger partial charge in [0.15, 0.2) is 5.78 Å². The molecule has 0 radical (unpaired) electrons. The lowest BCUT2D eigenvalue weighted by atomic mass is 9.96. The van der Waals surface area contributed by atoms with Crippen LogP contribution >= 0.6 is 0 Å². The van der Waals surface area contributed by atoms with Crippen LogP contribution in [0, 0.1) is 5.92 Å². The van der Waals surface area contributed by atoms with E-state index < -0.39 is 0 Å². The summed E-state index contributed by atoms with van der Waals surface area (Å²) in [5.41, 5.74) is 7.47. The number of Topliss-reactive ketones (excluding diaryl/α,β-unsaturated/α-hetero) is 1. The number of carbonyl (C=O) groups excluding carboxylic acids is 3. The first kappa shape index (κ1) is 21.7. The Kier molecular flexibility index (Phi) is 8.80. The largest absolute Gasteiger partial charge is 0.369 e. The Morgan fingerprint density at radius 2 is 1.61 bits per heavy atom. The van der Waals surface area contributed by atoms with E-state index >= 15 is 0 Å². The van der Waals surface area contributed by atoms with Crippen molar-refractivity contribution in [3.63, 3.8) is 0 Å². The van der Waals surface area contributed by atoms with Gasteiger partial charge in [0.1, 0.15) is 0 Å². The molecule has 9 nitrogen and oxygen atoms in total. The van der Waals surface area contributed by atoms with E-state index in [2.05, 4.69) is 9.97 Å². The Morgan fingerprint density at radius 3 is 2.18 bits per heavy atom. The van der Waals surface area contributed by atoms with Crippen LogP contribution in [0.25, 0.3) is 0 Å². The number of carbonyl (C=O) groups is 3. The van der Waals surface area contributed by atoms with Crippen molar-refractivity contribution in [3.8, 4) is 0 Å². The summed E-state index contributed by atoms with van der Waals surface area (Å²) in [5, 5.41) is 8.40. The molecule has 154 valence electrons. The third-order valence-corrected chi connectivity index (χ3v) is 5.07. The van der Waals surface area contributed by atoms with Crippen molar-refractivity contribution in [2.75, 3.05) is 18.0 Å². The zero-order valence-corrected chi connectivity index (χ0v) is 16.1. The highest BCUT2D eigenvalue weighted by molar-refractivity contribution is 5.95. The second-order valence-electron chi connectivity index (χ2n) is 7.16. The van der Waals surface area contributed by atoms with Gasteiger partial charge in [-0.2, -0.15) is 0 Å². The summed E-state index contributed by atoms with van der Waals surface area (Å²) >= 11 is 0. The topological polar surface area (TPSA) is 139 Å². The third kappa shape index (κ3) is 6.88. The Labute approximate surface area is 164 Å². The predicted molar refractivity (Wildman–Crippen MR) is 103 cm³/mol. The molecule has 1 aliphatic rings. The maximum atomic E-state index is 12.2. The molecule has 2 rings (SSSR count). The number of piperidine rings is 1. The minimum absolute atomic E-state index is 0.0265. The highest BCUT2D eigenvalue weighted by Gasteiger charge is 2.24. The van der Waals surface area contributed by atoms with Crippen molar-refractivity contribution in [3.05, 3.63) is 18.0 Å². The molecule has 1 aromatic heterocycles. The van der Waals surface area contributed by atoms with Crippen LogP contribution in [-0.2, 0) is 9.59 Å². The van der Waals surface area contributed by atoms with Gasteiger partial charge in [-0.25, -0.2) is 15.4 Å². The number of anilines is 1. The number of hydrogen-bond acceptors (Lipinski definition) is 7. The molecule has 0 saturated carbocycles. The molecule has 1 fully saturated rings. The van der Waals surface area contributed by atoms with Crippen molar-refractivity contribution in [2.45, 2.75) is 57.8 Å². The maximum Gasteiger partial charge on any atom is 0.243 e. The minimum Gasteiger partial charge on any atom is -0.369 e. The Balaban J connectivity index is 1.66. The first-order chi connectivity index (χ1) is 13.5. The number of nitrogens with zero attached hydrogens (tertiary/aromatic N) is 3. The average Bonchev–Trinajstić information content (AvgIpc) is 2.72. The smallest absolute Gasteiger partial charge is 0.243 e. The van der Waals surface area contributed by atoms with Crippen molar-refractivity contribution in [1.82, 2.24) is 15.4 Å². The minimum atomic E-state index is -0.365. The Bertz CT molecular complexity index is 657. The van der Waals surface area contributed by atoms with Crippen LogP contribution in [0.2, 0.25) is 0 Å². The van der Waals surface area contributed by atoms with Gasteiger partial charge in [0.25, 0.3) is 0 Å². The summed E-state index contributed by atoms with van der Waals surface area (Å²) in [7, 11) is 0. The zero-order valence-electron chi connectivity index (χ0n) is 16.1. The Morgan fingerprint density at radius 1 is 1.04 bits per heavy atom. The van der Waals surface area contributed by atoms with Crippen LogP contribution in [0.5, 0.6) is 0 Å². The molecule has 1 aromatic rings. The molecule has 2 amide bonds. The number of hydroxylamine groups is 1. The molecule has 4 N–H and O–H groups in total. The van der Waals surface area contributed by atoms with Crippen molar-refractivity contribution < 1.29 is 19.6 Å². The number of nitrogens with one attached hydrogen (secondary N) is 1. The number of amides is 2. The summed E-state index contributed by atoms with van der Waals surface area (Å²) in [6, 6.07) is 0.